The van der Waals surface area contributed by atoms with Crippen molar-refractivity contribution in [1.82, 2.24) is 9.47 Å². The fourth-order valence-electron chi connectivity index (χ4n) is 3.05. The van der Waals surface area contributed by atoms with Gasteiger partial charge in [-0.1, -0.05) is 43.3 Å². The van der Waals surface area contributed by atoms with E-state index >= 15 is 0 Å². The van der Waals surface area contributed by atoms with Gasteiger partial charge in [-0.3, -0.25) is 4.79 Å². The summed E-state index contributed by atoms with van der Waals surface area (Å²) in [4.78, 5) is 14.6. The van der Waals surface area contributed by atoms with Gasteiger partial charge in [0.05, 0.1) is 6.54 Å². The van der Waals surface area contributed by atoms with Gasteiger partial charge in [-0.05, 0) is 42.3 Å². The number of benzene rings is 2. The molecule has 0 N–H and O–H groups in total. The number of amides is 1. The number of nitrogens with zero attached hydrogens (tertiary/aromatic N) is 2. The molecule has 3 rings (SSSR count). The second-order valence-electron chi connectivity index (χ2n) is 6.35. The highest BCUT2D eigenvalue weighted by molar-refractivity contribution is 5.94. The molecule has 3 nitrogen and oxygen atoms in total. The average Bonchev–Trinajstić information content (AvgIpc) is 3.08. The second-order valence-corrected chi connectivity index (χ2v) is 6.35. The van der Waals surface area contributed by atoms with Crippen molar-refractivity contribution >= 4 is 5.91 Å². The van der Waals surface area contributed by atoms with Crippen molar-refractivity contribution in [2.24, 2.45) is 0 Å². The van der Waals surface area contributed by atoms with E-state index in [2.05, 4.69) is 16.7 Å². The van der Waals surface area contributed by atoms with E-state index in [9.17, 15) is 9.18 Å². The van der Waals surface area contributed by atoms with Crippen molar-refractivity contribution in [3.05, 3.63) is 95.6 Å². The van der Waals surface area contributed by atoms with E-state index in [1.165, 1.54) is 17.7 Å². The van der Waals surface area contributed by atoms with E-state index in [1.54, 1.807) is 17.0 Å². The number of carbonyl (C=O) groups excluding carboxylic acids is 1. The van der Waals surface area contributed by atoms with Gasteiger partial charge < -0.3 is 9.47 Å². The molecular weight excluding hydrogens is 327 g/mol. The van der Waals surface area contributed by atoms with E-state index in [-0.39, 0.29) is 11.7 Å². The first kappa shape index (κ1) is 17.9. The second kappa shape index (κ2) is 8.48. The summed E-state index contributed by atoms with van der Waals surface area (Å²) in [6.07, 6.45) is 2.87. The number of halogens is 1. The van der Waals surface area contributed by atoms with Crippen LogP contribution in [0, 0.1) is 5.82 Å². The third-order valence-electron chi connectivity index (χ3n) is 4.32. The highest BCUT2D eigenvalue weighted by Gasteiger charge is 2.17. The Kier molecular flexibility index (Phi) is 5.84. The maximum atomic E-state index is 13.5. The summed E-state index contributed by atoms with van der Waals surface area (Å²) in [5, 5.41) is 0. The van der Waals surface area contributed by atoms with Crippen LogP contribution in [0.15, 0.2) is 72.9 Å². The third kappa shape index (κ3) is 4.39. The van der Waals surface area contributed by atoms with Gasteiger partial charge in [0.1, 0.15) is 5.82 Å². The monoisotopic (exact) mass is 350 g/mol. The Morgan fingerprint density at radius 2 is 1.85 bits per heavy atom. The number of rotatable bonds is 7. The number of aromatic nitrogens is 1. The van der Waals surface area contributed by atoms with Crippen molar-refractivity contribution in [2.45, 2.75) is 26.4 Å². The number of carbonyl (C=O) groups is 1. The first-order chi connectivity index (χ1) is 12.7. The van der Waals surface area contributed by atoms with E-state index < -0.39 is 0 Å². The smallest absolute Gasteiger partial charge is 0.254 e. The summed E-state index contributed by atoms with van der Waals surface area (Å²) >= 11 is 0. The lowest BCUT2D eigenvalue weighted by molar-refractivity contribution is 0.0739. The fraction of sp³-hybridized carbons (Fsp3) is 0.227. The molecule has 1 aromatic heterocycles. The molecule has 0 unspecified atom stereocenters. The maximum absolute atomic E-state index is 13.5. The summed E-state index contributed by atoms with van der Waals surface area (Å²) in [6.45, 7) is 3.93. The Balaban J connectivity index is 1.78. The highest BCUT2D eigenvalue weighted by Crippen LogP contribution is 2.14. The first-order valence-corrected chi connectivity index (χ1v) is 8.90. The lowest BCUT2D eigenvalue weighted by Crippen LogP contribution is -2.32. The topological polar surface area (TPSA) is 25.2 Å². The quantitative estimate of drug-likeness (QED) is 0.605. The van der Waals surface area contributed by atoms with Crippen LogP contribution in [0.1, 0.15) is 35.0 Å². The predicted octanol–water partition coefficient (Wildman–Crippen LogP) is 4.73. The summed E-state index contributed by atoms with van der Waals surface area (Å²) < 4.78 is 15.6. The molecular formula is C22H23FN2O. The maximum Gasteiger partial charge on any atom is 0.254 e. The van der Waals surface area contributed by atoms with Crippen LogP contribution in [-0.4, -0.2) is 21.9 Å². The van der Waals surface area contributed by atoms with E-state index in [4.69, 9.17) is 0 Å². The van der Waals surface area contributed by atoms with Crippen LogP contribution < -0.4 is 0 Å². The van der Waals surface area contributed by atoms with Gasteiger partial charge in [0.15, 0.2) is 0 Å². The zero-order chi connectivity index (χ0) is 18.4. The van der Waals surface area contributed by atoms with Gasteiger partial charge in [0.2, 0.25) is 0 Å². The SMILES string of the molecule is CCCN(Cc1cccn1Cc1ccccc1)C(=O)c1cccc(F)c1. The molecule has 4 heteroatoms. The molecule has 0 aliphatic rings. The molecule has 0 saturated heterocycles. The van der Waals surface area contributed by atoms with Gasteiger partial charge in [0, 0.05) is 30.5 Å². The van der Waals surface area contributed by atoms with Crippen LogP contribution in [-0.2, 0) is 13.1 Å². The first-order valence-electron chi connectivity index (χ1n) is 8.90. The summed E-state index contributed by atoms with van der Waals surface area (Å²) in [7, 11) is 0. The third-order valence-corrected chi connectivity index (χ3v) is 4.32. The van der Waals surface area contributed by atoms with E-state index in [0.717, 1.165) is 18.7 Å². The van der Waals surface area contributed by atoms with Crippen molar-refractivity contribution in [3.8, 4) is 0 Å². The largest absolute Gasteiger partial charge is 0.345 e. The zero-order valence-corrected chi connectivity index (χ0v) is 14.9. The average molecular weight is 350 g/mol. The van der Waals surface area contributed by atoms with Gasteiger partial charge >= 0.3 is 0 Å². The Morgan fingerprint density at radius 3 is 2.58 bits per heavy atom. The zero-order valence-electron chi connectivity index (χ0n) is 14.9. The lowest BCUT2D eigenvalue weighted by atomic mass is 10.1. The van der Waals surface area contributed by atoms with Crippen LogP contribution in [0.3, 0.4) is 0 Å². The van der Waals surface area contributed by atoms with Gasteiger partial charge in [0.25, 0.3) is 5.91 Å². The van der Waals surface area contributed by atoms with E-state index in [1.807, 2.05) is 43.5 Å². The Hall–Kier alpha value is -2.88. The molecule has 0 saturated carbocycles. The molecule has 0 fully saturated rings. The van der Waals surface area contributed by atoms with Crippen molar-refractivity contribution in [2.75, 3.05) is 6.54 Å². The van der Waals surface area contributed by atoms with Crippen molar-refractivity contribution < 1.29 is 9.18 Å². The van der Waals surface area contributed by atoms with Crippen LogP contribution in [0.25, 0.3) is 0 Å². The molecule has 1 amide bonds. The lowest BCUT2D eigenvalue weighted by Gasteiger charge is -2.23. The van der Waals surface area contributed by atoms with Gasteiger partial charge in [-0.25, -0.2) is 4.39 Å². The molecule has 3 aromatic rings. The molecule has 134 valence electrons. The summed E-state index contributed by atoms with van der Waals surface area (Å²) in [5.74, 6) is -0.529. The minimum absolute atomic E-state index is 0.140. The summed E-state index contributed by atoms with van der Waals surface area (Å²) in [5.41, 5.74) is 2.66. The number of hydrogen-bond acceptors (Lipinski definition) is 1. The van der Waals surface area contributed by atoms with Crippen LogP contribution >= 0.6 is 0 Å². The van der Waals surface area contributed by atoms with Gasteiger partial charge in [-0.15, -0.1) is 0 Å². The Bertz CT molecular complexity index is 857. The predicted molar refractivity (Wildman–Crippen MR) is 101 cm³/mol. The van der Waals surface area contributed by atoms with Crippen molar-refractivity contribution in [3.63, 3.8) is 0 Å². The minimum Gasteiger partial charge on any atom is -0.345 e. The molecule has 0 radical (unpaired) electrons. The fourth-order valence-corrected chi connectivity index (χ4v) is 3.05. The molecule has 0 aliphatic carbocycles. The highest BCUT2D eigenvalue weighted by atomic mass is 19.1. The minimum atomic E-state index is -0.389. The molecule has 0 bridgehead atoms. The molecule has 1 heterocycles. The van der Waals surface area contributed by atoms with Crippen LogP contribution in [0.4, 0.5) is 4.39 Å². The Labute approximate surface area is 153 Å². The van der Waals surface area contributed by atoms with Crippen molar-refractivity contribution in [1.29, 1.82) is 0 Å². The molecule has 0 spiro atoms. The summed E-state index contributed by atoms with van der Waals surface area (Å²) in [6, 6.07) is 20.1. The molecule has 0 atom stereocenters. The van der Waals surface area contributed by atoms with Gasteiger partial charge in [-0.2, -0.15) is 0 Å². The standard InChI is InChI=1S/C22H23FN2O/c1-2-13-25(22(26)19-10-6-11-20(23)15-19)17-21-12-7-14-24(21)16-18-8-4-3-5-9-18/h3-12,14-15H,2,13,16-17H2,1H3. The molecule has 26 heavy (non-hydrogen) atoms. The molecule has 2 aromatic carbocycles. The molecule has 0 aliphatic heterocycles. The Morgan fingerprint density at radius 1 is 1.04 bits per heavy atom. The normalized spacial score (nSPS) is 10.7. The van der Waals surface area contributed by atoms with Crippen LogP contribution in [0.2, 0.25) is 0 Å². The van der Waals surface area contributed by atoms with Crippen LogP contribution in [0.5, 0.6) is 0 Å². The number of hydrogen-bond donors (Lipinski definition) is 0. The van der Waals surface area contributed by atoms with E-state index in [0.29, 0.717) is 18.7 Å².